The molecule has 0 bridgehead atoms. The third kappa shape index (κ3) is 1.98. The first-order valence-electron chi connectivity index (χ1n) is 5.03. The number of aromatic amines is 1. The average Bonchev–Trinajstić information content (AvgIpc) is 2.78. The molecular formula is C11H14N4. The van der Waals surface area contributed by atoms with E-state index in [1.54, 1.807) is 0 Å². The maximum absolute atomic E-state index is 4.37. The molecule has 0 saturated heterocycles. The van der Waals surface area contributed by atoms with E-state index in [-0.39, 0.29) is 0 Å². The van der Waals surface area contributed by atoms with Crippen molar-refractivity contribution < 1.29 is 0 Å². The number of aromatic nitrogens is 3. The number of rotatable bonds is 3. The van der Waals surface area contributed by atoms with Gasteiger partial charge in [0.25, 0.3) is 0 Å². The minimum absolute atomic E-state index is 0.759. The molecule has 0 unspecified atom stereocenters. The van der Waals surface area contributed by atoms with Crippen LogP contribution in [0, 0.1) is 0 Å². The molecule has 15 heavy (non-hydrogen) atoms. The van der Waals surface area contributed by atoms with Crippen LogP contribution in [-0.4, -0.2) is 22.2 Å². The highest BCUT2D eigenvalue weighted by molar-refractivity contribution is 5.59. The maximum atomic E-state index is 4.37. The van der Waals surface area contributed by atoms with Crippen LogP contribution in [0.5, 0.6) is 0 Å². The molecule has 0 atom stereocenters. The molecule has 1 aromatic carbocycles. The minimum Gasteiger partial charge on any atom is -0.388 e. The fourth-order valence-corrected chi connectivity index (χ4v) is 1.37. The van der Waals surface area contributed by atoms with Gasteiger partial charge in [0.2, 0.25) is 0 Å². The Kier molecular flexibility index (Phi) is 2.67. The SMILES string of the molecule is CCc1nc(-c2ccc(NC)cc2)n[nH]1. The molecule has 0 amide bonds. The van der Waals surface area contributed by atoms with Crippen molar-refractivity contribution in [3.8, 4) is 11.4 Å². The number of hydrogen-bond donors (Lipinski definition) is 2. The monoisotopic (exact) mass is 202 g/mol. The van der Waals surface area contributed by atoms with Crippen molar-refractivity contribution in [2.75, 3.05) is 12.4 Å². The van der Waals surface area contributed by atoms with Crippen LogP contribution in [0.25, 0.3) is 11.4 Å². The van der Waals surface area contributed by atoms with Crippen LogP contribution in [0.1, 0.15) is 12.7 Å². The van der Waals surface area contributed by atoms with Crippen LogP contribution < -0.4 is 5.32 Å². The summed E-state index contributed by atoms with van der Waals surface area (Å²) in [6.45, 7) is 2.05. The van der Waals surface area contributed by atoms with Crippen LogP contribution in [0.15, 0.2) is 24.3 Å². The number of benzene rings is 1. The zero-order chi connectivity index (χ0) is 10.7. The number of hydrogen-bond acceptors (Lipinski definition) is 3. The molecule has 4 nitrogen and oxygen atoms in total. The van der Waals surface area contributed by atoms with Crippen molar-refractivity contribution in [2.45, 2.75) is 13.3 Å². The molecule has 2 N–H and O–H groups in total. The van der Waals surface area contributed by atoms with E-state index in [4.69, 9.17) is 0 Å². The molecule has 1 heterocycles. The van der Waals surface area contributed by atoms with Gasteiger partial charge < -0.3 is 5.32 Å². The van der Waals surface area contributed by atoms with Crippen LogP contribution in [0.4, 0.5) is 5.69 Å². The smallest absolute Gasteiger partial charge is 0.181 e. The van der Waals surface area contributed by atoms with Crippen molar-refractivity contribution >= 4 is 5.69 Å². The van der Waals surface area contributed by atoms with Crippen molar-refractivity contribution in [1.29, 1.82) is 0 Å². The Hall–Kier alpha value is -1.84. The van der Waals surface area contributed by atoms with E-state index in [0.29, 0.717) is 0 Å². The van der Waals surface area contributed by atoms with Crippen LogP contribution >= 0.6 is 0 Å². The first-order valence-corrected chi connectivity index (χ1v) is 5.03. The first-order chi connectivity index (χ1) is 7.33. The standard InChI is InChI=1S/C11H14N4/c1-3-10-13-11(15-14-10)8-4-6-9(12-2)7-5-8/h4-7,12H,3H2,1-2H3,(H,13,14,15). The van der Waals surface area contributed by atoms with E-state index in [2.05, 4.69) is 20.5 Å². The Morgan fingerprint density at radius 3 is 2.53 bits per heavy atom. The second-order valence-electron chi connectivity index (χ2n) is 3.29. The lowest BCUT2D eigenvalue weighted by Gasteiger charge is -1.99. The van der Waals surface area contributed by atoms with Gasteiger partial charge in [-0.15, -0.1) is 0 Å². The molecular weight excluding hydrogens is 188 g/mol. The summed E-state index contributed by atoms with van der Waals surface area (Å²) in [6.07, 6.45) is 0.877. The summed E-state index contributed by atoms with van der Waals surface area (Å²) in [4.78, 5) is 4.37. The van der Waals surface area contributed by atoms with E-state index in [1.165, 1.54) is 0 Å². The Morgan fingerprint density at radius 2 is 2.00 bits per heavy atom. The predicted molar refractivity (Wildman–Crippen MR) is 60.7 cm³/mol. The van der Waals surface area contributed by atoms with E-state index < -0.39 is 0 Å². The zero-order valence-corrected chi connectivity index (χ0v) is 8.91. The normalized spacial score (nSPS) is 10.3. The summed E-state index contributed by atoms with van der Waals surface area (Å²) in [5.74, 6) is 1.68. The van der Waals surface area contributed by atoms with E-state index >= 15 is 0 Å². The molecule has 4 heteroatoms. The Balaban J connectivity index is 2.28. The molecule has 0 aliphatic carbocycles. The summed E-state index contributed by atoms with van der Waals surface area (Å²) < 4.78 is 0. The number of H-pyrrole nitrogens is 1. The topological polar surface area (TPSA) is 53.6 Å². The van der Waals surface area contributed by atoms with Crippen molar-refractivity contribution in [3.05, 3.63) is 30.1 Å². The average molecular weight is 202 g/mol. The van der Waals surface area contributed by atoms with E-state index in [1.807, 2.05) is 38.2 Å². The van der Waals surface area contributed by atoms with Gasteiger partial charge in [-0.1, -0.05) is 6.92 Å². The van der Waals surface area contributed by atoms with Gasteiger partial charge >= 0.3 is 0 Å². The van der Waals surface area contributed by atoms with Gasteiger partial charge in [0.05, 0.1) is 0 Å². The Bertz CT molecular complexity index is 430. The molecule has 0 aliphatic rings. The number of nitrogens with one attached hydrogen (secondary N) is 2. The highest BCUT2D eigenvalue weighted by atomic mass is 15.2. The van der Waals surface area contributed by atoms with Crippen molar-refractivity contribution in [2.24, 2.45) is 0 Å². The van der Waals surface area contributed by atoms with Gasteiger partial charge in [-0.25, -0.2) is 4.98 Å². The molecule has 0 aliphatic heterocycles. The van der Waals surface area contributed by atoms with E-state index in [0.717, 1.165) is 29.3 Å². The second-order valence-corrected chi connectivity index (χ2v) is 3.29. The summed E-state index contributed by atoms with van der Waals surface area (Å²) in [6, 6.07) is 8.04. The molecule has 2 rings (SSSR count). The van der Waals surface area contributed by atoms with Gasteiger partial charge in [-0.05, 0) is 24.3 Å². The fourth-order valence-electron chi connectivity index (χ4n) is 1.37. The summed E-state index contributed by atoms with van der Waals surface area (Å²) in [5.41, 5.74) is 2.12. The van der Waals surface area contributed by atoms with Gasteiger partial charge in [-0.2, -0.15) is 5.10 Å². The minimum atomic E-state index is 0.759. The molecule has 0 fully saturated rings. The highest BCUT2D eigenvalue weighted by Gasteiger charge is 2.03. The Labute approximate surface area is 88.8 Å². The van der Waals surface area contributed by atoms with Gasteiger partial charge in [0.15, 0.2) is 5.82 Å². The fraction of sp³-hybridized carbons (Fsp3) is 0.273. The first kappa shape index (κ1) is 9.71. The van der Waals surface area contributed by atoms with Crippen molar-refractivity contribution in [1.82, 2.24) is 15.2 Å². The lowest BCUT2D eigenvalue weighted by molar-refractivity contribution is 0.946. The van der Waals surface area contributed by atoms with Crippen LogP contribution in [-0.2, 0) is 6.42 Å². The van der Waals surface area contributed by atoms with Crippen molar-refractivity contribution in [3.63, 3.8) is 0 Å². The van der Waals surface area contributed by atoms with Gasteiger partial charge in [0, 0.05) is 24.7 Å². The summed E-state index contributed by atoms with van der Waals surface area (Å²) in [7, 11) is 1.90. The number of anilines is 1. The molecule has 0 spiro atoms. The molecule has 78 valence electrons. The lowest BCUT2D eigenvalue weighted by atomic mass is 10.2. The maximum Gasteiger partial charge on any atom is 0.181 e. The van der Waals surface area contributed by atoms with Crippen LogP contribution in [0.2, 0.25) is 0 Å². The van der Waals surface area contributed by atoms with Gasteiger partial charge in [-0.3, -0.25) is 5.10 Å². The quantitative estimate of drug-likeness (QED) is 0.801. The molecule has 0 radical (unpaired) electrons. The molecule has 2 aromatic rings. The second kappa shape index (κ2) is 4.13. The number of nitrogens with zero attached hydrogens (tertiary/aromatic N) is 2. The number of aryl methyl sites for hydroxylation is 1. The third-order valence-corrected chi connectivity index (χ3v) is 2.30. The summed E-state index contributed by atoms with van der Waals surface area (Å²) in [5, 5.41) is 10.1. The summed E-state index contributed by atoms with van der Waals surface area (Å²) >= 11 is 0. The molecule has 0 saturated carbocycles. The van der Waals surface area contributed by atoms with Gasteiger partial charge in [0.1, 0.15) is 5.82 Å². The largest absolute Gasteiger partial charge is 0.388 e. The zero-order valence-electron chi connectivity index (χ0n) is 8.91. The lowest BCUT2D eigenvalue weighted by Crippen LogP contribution is -1.87. The van der Waals surface area contributed by atoms with E-state index in [9.17, 15) is 0 Å². The van der Waals surface area contributed by atoms with Crippen LogP contribution in [0.3, 0.4) is 0 Å². The predicted octanol–water partition coefficient (Wildman–Crippen LogP) is 2.08. The third-order valence-electron chi connectivity index (χ3n) is 2.30. The highest BCUT2D eigenvalue weighted by Crippen LogP contribution is 2.17. The molecule has 1 aromatic heterocycles. The Morgan fingerprint density at radius 1 is 1.27 bits per heavy atom.